The third-order valence-electron chi connectivity index (χ3n) is 3.06. The molecule has 0 unspecified atom stereocenters. The van der Waals surface area contributed by atoms with Crippen molar-refractivity contribution in [2.75, 3.05) is 23.8 Å². The van der Waals surface area contributed by atoms with Crippen molar-refractivity contribution in [2.45, 2.75) is 6.42 Å². The van der Waals surface area contributed by atoms with Gasteiger partial charge in [-0.05, 0) is 40.5 Å². The molecule has 1 aromatic carbocycles. The minimum Gasteiger partial charge on any atom is -0.491 e. The van der Waals surface area contributed by atoms with Crippen LogP contribution in [0.25, 0.3) is 0 Å². The van der Waals surface area contributed by atoms with Crippen molar-refractivity contribution in [2.24, 2.45) is 0 Å². The number of nitrogens with two attached hydrogens (primary N) is 1. The minimum absolute atomic E-state index is 0.658. The van der Waals surface area contributed by atoms with Crippen LogP contribution in [0.5, 0.6) is 5.75 Å². The van der Waals surface area contributed by atoms with Crippen LogP contribution in [-0.4, -0.2) is 18.1 Å². The predicted octanol–water partition coefficient (Wildman–Crippen LogP) is 3.35. The Balaban J connectivity index is 2.09. The quantitative estimate of drug-likeness (QED) is 0.875. The molecule has 98 valence electrons. The topological polar surface area (TPSA) is 51.4 Å². The molecule has 4 nitrogen and oxygen atoms in total. The number of aromatic nitrogens is 1. The van der Waals surface area contributed by atoms with E-state index in [-0.39, 0.29) is 0 Å². The molecule has 1 aromatic heterocycles. The van der Waals surface area contributed by atoms with Crippen molar-refractivity contribution in [1.29, 1.82) is 0 Å². The Morgan fingerprint density at radius 2 is 2.16 bits per heavy atom. The first kappa shape index (κ1) is 12.3. The Morgan fingerprint density at radius 3 is 3.00 bits per heavy atom. The zero-order valence-corrected chi connectivity index (χ0v) is 11.9. The van der Waals surface area contributed by atoms with Gasteiger partial charge in [-0.25, -0.2) is 4.98 Å². The average molecular weight is 320 g/mol. The Bertz CT molecular complexity index is 603. The van der Waals surface area contributed by atoms with E-state index in [2.05, 4.69) is 25.8 Å². The summed E-state index contributed by atoms with van der Waals surface area (Å²) in [7, 11) is 0. The fraction of sp³-hybridized carbons (Fsp3) is 0.214. The third-order valence-corrected chi connectivity index (χ3v) is 3.49. The molecular weight excluding hydrogens is 306 g/mol. The summed E-state index contributed by atoms with van der Waals surface area (Å²) < 4.78 is 6.63. The highest BCUT2D eigenvalue weighted by molar-refractivity contribution is 9.10. The van der Waals surface area contributed by atoms with Gasteiger partial charge in [-0.1, -0.05) is 12.1 Å². The first-order chi connectivity index (χ1) is 9.25. The monoisotopic (exact) mass is 319 g/mol. The van der Waals surface area contributed by atoms with Crippen LogP contribution in [0.3, 0.4) is 0 Å². The molecule has 0 amide bonds. The van der Waals surface area contributed by atoms with E-state index in [1.165, 1.54) is 0 Å². The van der Waals surface area contributed by atoms with Crippen LogP contribution in [0.4, 0.5) is 17.2 Å². The second-order valence-corrected chi connectivity index (χ2v) is 5.30. The number of hydrogen-bond acceptors (Lipinski definition) is 4. The number of anilines is 3. The van der Waals surface area contributed by atoms with E-state index in [0.29, 0.717) is 12.3 Å². The summed E-state index contributed by atoms with van der Waals surface area (Å²) >= 11 is 3.38. The van der Waals surface area contributed by atoms with Crippen molar-refractivity contribution in [1.82, 2.24) is 4.98 Å². The van der Waals surface area contributed by atoms with Gasteiger partial charge in [0.1, 0.15) is 5.75 Å². The number of rotatable bonds is 1. The number of hydrogen-bond donors (Lipinski definition) is 1. The van der Waals surface area contributed by atoms with Gasteiger partial charge in [-0.3, -0.25) is 0 Å². The lowest BCUT2D eigenvalue weighted by Gasteiger charge is -2.24. The smallest absolute Gasteiger partial charge is 0.156 e. The van der Waals surface area contributed by atoms with E-state index in [1.54, 1.807) is 6.20 Å². The molecule has 2 aromatic rings. The molecule has 5 heteroatoms. The van der Waals surface area contributed by atoms with E-state index in [9.17, 15) is 0 Å². The normalized spacial score (nSPS) is 14.5. The van der Waals surface area contributed by atoms with Gasteiger partial charge < -0.3 is 15.4 Å². The molecule has 1 aliphatic rings. The predicted molar refractivity (Wildman–Crippen MR) is 79.9 cm³/mol. The molecule has 3 rings (SSSR count). The fourth-order valence-electron chi connectivity index (χ4n) is 2.22. The lowest BCUT2D eigenvalue weighted by molar-refractivity contribution is 0.322. The Kier molecular flexibility index (Phi) is 3.29. The van der Waals surface area contributed by atoms with Gasteiger partial charge >= 0.3 is 0 Å². The molecule has 0 bridgehead atoms. The number of ether oxygens (including phenoxy) is 1. The maximum Gasteiger partial charge on any atom is 0.156 e. The average Bonchev–Trinajstić information content (AvgIpc) is 2.61. The summed E-state index contributed by atoms with van der Waals surface area (Å²) in [6.45, 7) is 1.56. The third kappa shape index (κ3) is 2.38. The molecule has 0 atom stereocenters. The van der Waals surface area contributed by atoms with Crippen LogP contribution in [0, 0.1) is 0 Å². The lowest BCUT2D eigenvalue weighted by atomic mass is 10.2. The molecule has 0 aliphatic carbocycles. The van der Waals surface area contributed by atoms with Crippen LogP contribution in [0.2, 0.25) is 0 Å². The minimum atomic E-state index is 0.658. The maximum atomic E-state index is 6.09. The second kappa shape index (κ2) is 5.09. The number of nitrogens with zero attached hydrogens (tertiary/aromatic N) is 2. The van der Waals surface area contributed by atoms with Gasteiger partial charge in [0, 0.05) is 17.2 Å². The van der Waals surface area contributed by atoms with Gasteiger partial charge in [-0.2, -0.15) is 0 Å². The molecule has 1 aliphatic heterocycles. The Morgan fingerprint density at radius 1 is 1.32 bits per heavy atom. The molecule has 2 N–H and O–H groups in total. The van der Waals surface area contributed by atoms with Gasteiger partial charge in [-0.15, -0.1) is 0 Å². The zero-order chi connectivity index (χ0) is 13.2. The molecule has 0 saturated carbocycles. The summed E-state index contributed by atoms with van der Waals surface area (Å²) in [6, 6.07) is 9.85. The van der Waals surface area contributed by atoms with E-state index in [1.807, 2.05) is 30.3 Å². The van der Waals surface area contributed by atoms with Crippen molar-refractivity contribution in [3.05, 3.63) is 41.0 Å². The summed E-state index contributed by atoms with van der Waals surface area (Å²) in [4.78, 5) is 6.56. The summed E-state index contributed by atoms with van der Waals surface area (Å²) in [6.07, 6.45) is 2.70. The van der Waals surface area contributed by atoms with Crippen molar-refractivity contribution < 1.29 is 4.74 Å². The molecule has 0 spiro atoms. The standard InChI is InChI=1S/C14H14BrN3O/c15-10-8-11(16)14(17-9-10)18-6-3-7-19-13-5-2-1-4-12(13)18/h1-2,4-5,8-9H,3,6-7,16H2. The summed E-state index contributed by atoms with van der Waals surface area (Å²) in [5.41, 5.74) is 7.76. The fourth-order valence-corrected chi connectivity index (χ4v) is 2.57. The molecule has 19 heavy (non-hydrogen) atoms. The van der Waals surface area contributed by atoms with Gasteiger partial charge in [0.15, 0.2) is 5.82 Å². The molecule has 0 fully saturated rings. The molecular formula is C14H14BrN3O. The Hall–Kier alpha value is -1.75. The molecule has 0 saturated heterocycles. The van der Waals surface area contributed by atoms with Gasteiger partial charge in [0.05, 0.1) is 18.0 Å². The Labute approximate surface area is 120 Å². The number of halogens is 1. The summed E-state index contributed by atoms with van der Waals surface area (Å²) in [5, 5.41) is 0. The first-order valence-corrected chi connectivity index (χ1v) is 6.95. The zero-order valence-electron chi connectivity index (χ0n) is 10.3. The van der Waals surface area contributed by atoms with Crippen LogP contribution in [0.15, 0.2) is 41.0 Å². The van der Waals surface area contributed by atoms with Crippen LogP contribution in [-0.2, 0) is 0 Å². The highest BCUT2D eigenvalue weighted by atomic mass is 79.9. The highest BCUT2D eigenvalue weighted by Gasteiger charge is 2.20. The lowest BCUT2D eigenvalue weighted by Crippen LogP contribution is -2.20. The second-order valence-electron chi connectivity index (χ2n) is 4.39. The number of benzene rings is 1. The highest BCUT2D eigenvalue weighted by Crippen LogP contribution is 2.37. The van der Waals surface area contributed by atoms with Crippen molar-refractivity contribution in [3.63, 3.8) is 0 Å². The molecule has 2 heterocycles. The number of para-hydroxylation sites is 2. The molecule has 0 radical (unpaired) electrons. The largest absolute Gasteiger partial charge is 0.491 e. The van der Waals surface area contributed by atoms with E-state index < -0.39 is 0 Å². The number of nitrogen functional groups attached to an aromatic ring is 1. The summed E-state index contributed by atoms with van der Waals surface area (Å²) in [5.74, 6) is 1.66. The van der Waals surface area contributed by atoms with Crippen LogP contribution >= 0.6 is 15.9 Å². The van der Waals surface area contributed by atoms with Gasteiger partial charge in [0.25, 0.3) is 0 Å². The van der Waals surface area contributed by atoms with E-state index in [0.717, 1.165) is 34.7 Å². The number of pyridine rings is 1. The van der Waals surface area contributed by atoms with E-state index >= 15 is 0 Å². The first-order valence-electron chi connectivity index (χ1n) is 6.16. The van der Waals surface area contributed by atoms with Crippen molar-refractivity contribution in [3.8, 4) is 5.75 Å². The number of fused-ring (bicyclic) bond motifs is 1. The maximum absolute atomic E-state index is 6.09. The SMILES string of the molecule is Nc1cc(Br)cnc1N1CCCOc2ccccc21. The van der Waals surface area contributed by atoms with Crippen LogP contribution < -0.4 is 15.4 Å². The van der Waals surface area contributed by atoms with E-state index in [4.69, 9.17) is 10.5 Å². The van der Waals surface area contributed by atoms with Crippen molar-refractivity contribution >= 4 is 33.1 Å². The van der Waals surface area contributed by atoms with Crippen LogP contribution in [0.1, 0.15) is 6.42 Å². The van der Waals surface area contributed by atoms with Gasteiger partial charge in [0.2, 0.25) is 0 Å².